The Morgan fingerprint density at radius 2 is 1.00 bits per heavy atom. The molecule has 0 unspecified atom stereocenters. The smallest absolute Gasteiger partial charge is 0.274 e. The molecule has 0 aliphatic heterocycles. The molecule has 0 saturated heterocycles. The third kappa shape index (κ3) is 2.78. The predicted molar refractivity (Wildman–Crippen MR) is 112 cm³/mol. The first kappa shape index (κ1) is 17.6. The summed E-state index contributed by atoms with van der Waals surface area (Å²) in [4.78, 5) is 63.1. The highest BCUT2D eigenvalue weighted by Crippen LogP contribution is 2.06. The average molecular weight is 396 g/mol. The van der Waals surface area contributed by atoms with Gasteiger partial charge in [0.1, 0.15) is 11.4 Å². The molecule has 5 rings (SSSR count). The quantitative estimate of drug-likeness (QED) is 0.411. The molecule has 2 N–H and O–H groups in total. The molecular weight excluding hydrogens is 384 g/mol. The van der Waals surface area contributed by atoms with Gasteiger partial charge >= 0.3 is 0 Å². The van der Waals surface area contributed by atoms with Crippen LogP contribution in [0.25, 0.3) is 34.2 Å². The van der Waals surface area contributed by atoms with Gasteiger partial charge in [0.2, 0.25) is 10.9 Å². The number of para-hydroxylation sites is 4. The predicted octanol–water partition coefficient (Wildman–Crippen LogP) is -0.587. The highest BCUT2D eigenvalue weighted by molar-refractivity contribution is 5.75. The second-order valence-corrected chi connectivity index (χ2v) is 6.71. The van der Waals surface area contributed by atoms with E-state index >= 15 is 0 Å². The summed E-state index contributed by atoms with van der Waals surface area (Å²) in [6, 6.07) is 13.9. The fourth-order valence-electron chi connectivity index (χ4n) is 3.25. The maximum atomic E-state index is 12.5. The van der Waals surface area contributed by atoms with E-state index in [0.29, 0.717) is 22.1 Å². The zero-order valence-corrected chi connectivity index (χ0v) is 15.3. The van der Waals surface area contributed by atoms with Crippen molar-refractivity contribution in [2.75, 3.05) is 0 Å². The number of nitrogens with one attached hydrogen (secondary N) is 2. The van der Waals surface area contributed by atoms with Crippen LogP contribution >= 0.6 is 0 Å². The van der Waals surface area contributed by atoms with Gasteiger partial charge in [0.05, 0.1) is 32.5 Å². The Balaban J connectivity index is 1.66. The number of rotatable bonds is 2. The first-order chi connectivity index (χ1) is 14.5. The largest absolute Gasteiger partial charge is 0.319 e. The fraction of sp³-hybridized carbons (Fsp3) is 0. The molecule has 3 aromatic carbocycles. The zero-order chi connectivity index (χ0) is 20.8. The number of aromatic nitrogens is 4. The van der Waals surface area contributed by atoms with E-state index in [2.05, 4.69) is 19.9 Å². The molecular formula is C22H12N4O4. The number of hydrogen-bond acceptors (Lipinski definition) is 6. The van der Waals surface area contributed by atoms with Gasteiger partial charge in [-0.1, -0.05) is 24.3 Å². The van der Waals surface area contributed by atoms with Gasteiger partial charge in [-0.2, -0.15) is 0 Å². The maximum Gasteiger partial charge on any atom is 0.274 e. The Morgan fingerprint density at radius 3 is 1.43 bits per heavy atom. The lowest BCUT2D eigenvalue weighted by atomic mass is 10.1. The van der Waals surface area contributed by atoms with Gasteiger partial charge in [-0.15, -0.1) is 0 Å². The summed E-state index contributed by atoms with van der Waals surface area (Å²) in [5.74, 6) is 0. The minimum atomic E-state index is -0.566. The van der Waals surface area contributed by atoms with Crippen LogP contribution in [0, 0.1) is 0 Å². The molecule has 8 nitrogen and oxygen atoms in total. The molecule has 0 spiro atoms. The Kier molecular flexibility index (Phi) is 3.85. The maximum absolute atomic E-state index is 12.5. The Morgan fingerprint density at radius 1 is 0.600 bits per heavy atom. The minimum absolute atomic E-state index is 0.0360. The van der Waals surface area contributed by atoms with Gasteiger partial charge in [-0.05, 0) is 36.4 Å². The topological polar surface area (TPSA) is 126 Å². The summed E-state index contributed by atoms with van der Waals surface area (Å²) in [6.07, 6.45) is 2.34. The second-order valence-electron chi connectivity index (χ2n) is 6.71. The van der Waals surface area contributed by atoms with E-state index in [4.69, 9.17) is 0 Å². The summed E-state index contributed by atoms with van der Waals surface area (Å²) in [7, 11) is 0. The summed E-state index contributed by atoms with van der Waals surface area (Å²) < 4.78 is 0. The normalized spacial score (nSPS) is 11.2. The molecule has 2 aromatic heterocycles. The molecule has 0 bridgehead atoms. The number of aromatic amines is 2. The molecule has 30 heavy (non-hydrogen) atoms. The van der Waals surface area contributed by atoms with Crippen LogP contribution in [0.2, 0.25) is 0 Å². The monoisotopic (exact) mass is 396 g/mol. The average Bonchev–Trinajstić information content (AvgIpc) is 2.75. The van der Waals surface area contributed by atoms with Gasteiger partial charge in [0, 0.05) is 0 Å². The molecule has 0 aliphatic carbocycles. The van der Waals surface area contributed by atoms with Crippen molar-refractivity contribution in [2.24, 2.45) is 0 Å². The third-order valence-corrected chi connectivity index (χ3v) is 4.79. The van der Waals surface area contributed by atoms with Crippen LogP contribution in [-0.4, -0.2) is 19.9 Å². The molecule has 0 aliphatic rings. The SMILES string of the molecule is O=c1[nH]c2ccccc2nc1C=c1c(=O)c(=Cc2nc3ccccc3[nH]c2=O)c1=O. The summed E-state index contributed by atoms with van der Waals surface area (Å²) in [5.41, 5.74) is -0.0451. The molecule has 8 heteroatoms. The van der Waals surface area contributed by atoms with Gasteiger partial charge < -0.3 is 9.97 Å². The van der Waals surface area contributed by atoms with Crippen molar-refractivity contribution in [1.29, 1.82) is 0 Å². The lowest BCUT2D eigenvalue weighted by Crippen LogP contribution is -2.64. The lowest BCUT2D eigenvalue weighted by molar-refractivity contribution is 1.17. The first-order valence-electron chi connectivity index (χ1n) is 9.02. The summed E-state index contributed by atoms with van der Waals surface area (Å²) >= 11 is 0. The number of H-pyrrole nitrogens is 2. The van der Waals surface area contributed by atoms with Crippen molar-refractivity contribution < 1.29 is 0 Å². The number of nitrogens with zero attached hydrogens (tertiary/aromatic N) is 2. The first-order valence-corrected chi connectivity index (χ1v) is 9.02. The van der Waals surface area contributed by atoms with E-state index in [0.717, 1.165) is 0 Å². The van der Waals surface area contributed by atoms with Crippen LogP contribution < -0.4 is 32.4 Å². The van der Waals surface area contributed by atoms with Crippen LogP contribution in [-0.2, 0) is 0 Å². The molecule has 0 radical (unpaired) electrons. The van der Waals surface area contributed by atoms with Gasteiger partial charge in [-0.3, -0.25) is 19.2 Å². The molecule has 0 atom stereocenters. The second kappa shape index (κ2) is 6.56. The number of hydrogen-bond donors (Lipinski definition) is 2. The number of fused-ring (bicyclic) bond motifs is 2. The summed E-state index contributed by atoms with van der Waals surface area (Å²) in [6.45, 7) is 0. The Labute approximate surface area is 166 Å². The van der Waals surface area contributed by atoms with Crippen molar-refractivity contribution in [3.05, 3.63) is 112 Å². The van der Waals surface area contributed by atoms with Crippen LogP contribution in [0.1, 0.15) is 11.4 Å². The van der Waals surface area contributed by atoms with Crippen LogP contribution in [0.5, 0.6) is 0 Å². The van der Waals surface area contributed by atoms with Crippen molar-refractivity contribution in [3.63, 3.8) is 0 Å². The van der Waals surface area contributed by atoms with E-state index in [-0.39, 0.29) is 21.8 Å². The highest BCUT2D eigenvalue weighted by atomic mass is 16.1. The standard InChI is InChI=1S/C22H12N4O4/c27-19-11(9-17-21(29)25-15-7-3-1-5-13(15)23-17)20(28)12(19)10-18-22(30)26-16-8-4-2-6-14(16)24-18/h1-10H,(H,25,29)(H,26,30). The Hall–Kier alpha value is -4.46. The van der Waals surface area contributed by atoms with E-state index < -0.39 is 22.0 Å². The molecule has 5 aromatic rings. The van der Waals surface area contributed by atoms with Crippen LogP contribution in [0.15, 0.2) is 67.7 Å². The van der Waals surface area contributed by atoms with Gasteiger partial charge in [0.25, 0.3) is 11.1 Å². The number of benzene rings is 2. The van der Waals surface area contributed by atoms with E-state index in [1.165, 1.54) is 12.2 Å². The van der Waals surface area contributed by atoms with Crippen molar-refractivity contribution in [3.8, 4) is 0 Å². The molecule has 0 saturated carbocycles. The van der Waals surface area contributed by atoms with E-state index in [9.17, 15) is 19.2 Å². The minimum Gasteiger partial charge on any atom is -0.319 e. The van der Waals surface area contributed by atoms with E-state index in [1.807, 2.05) is 0 Å². The van der Waals surface area contributed by atoms with Crippen LogP contribution in [0.4, 0.5) is 0 Å². The lowest BCUT2D eigenvalue weighted by Gasteiger charge is -2.00. The van der Waals surface area contributed by atoms with Crippen molar-refractivity contribution >= 4 is 34.2 Å². The highest BCUT2D eigenvalue weighted by Gasteiger charge is 2.12. The molecule has 144 valence electrons. The third-order valence-electron chi connectivity index (χ3n) is 4.79. The molecule has 0 fully saturated rings. The Bertz CT molecular complexity index is 1630. The van der Waals surface area contributed by atoms with Gasteiger partial charge in [-0.25, -0.2) is 9.97 Å². The summed E-state index contributed by atoms with van der Waals surface area (Å²) in [5, 5.41) is -0.321. The van der Waals surface area contributed by atoms with Crippen molar-refractivity contribution in [1.82, 2.24) is 19.9 Å². The van der Waals surface area contributed by atoms with E-state index in [1.54, 1.807) is 48.5 Å². The molecule has 2 heterocycles. The van der Waals surface area contributed by atoms with Crippen LogP contribution in [0.3, 0.4) is 0 Å². The fourth-order valence-corrected chi connectivity index (χ4v) is 3.25. The van der Waals surface area contributed by atoms with Gasteiger partial charge in [0.15, 0.2) is 0 Å². The zero-order valence-electron chi connectivity index (χ0n) is 15.3. The van der Waals surface area contributed by atoms with Crippen molar-refractivity contribution in [2.45, 2.75) is 0 Å². The molecule has 0 amide bonds.